The van der Waals surface area contributed by atoms with Crippen LogP contribution in [0.25, 0.3) is 0 Å². The lowest BCUT2D eigenvalue weighted by atomic mass is 10.2. The summed E-state index contributed by atoms with van der Waals surface area (Å²) >= 11 is 5.43. The van der Waals surface area contributed by atoms with Crippen LogP contribution in [-0.2, 0) is 0 Å². The van der Waals surface area contributed by atoms with E-state index in [0.717, 1.165) is 5.56 Å². The van der Waals surface area contributed by atoms with E-state index in [2.05, 4.69) is 11.8 Å². The highest BCUT2D eigenvalue weighted by atomic mass is 35.5. The van der Waals surface area contributed by atoms with Gasteiger partial charge in [0.2, 0.25) is 0 Å². The molecule has 0 bridgehead atoms. The van der Waals surface area contributed by atoms with Crippen LogP contribution < -0.4 is 10.5 Å². The molecule has 0 aliphatic heterocycles. The molecule has 2 nitrogen and oxygen atoms in total. The second-order valence-corrected chi connectivity index (χ2v) is 2.66. The molecule has 1 rings (SSSR count). The average molecular weight is 196 g/mol. The molecule has 0 spiro atoms. The van der Waals surface area contributed by atoms with Gasteiger partial charge in [0.25, 0.3) is 0 Å². The van der Waals surface area contributed by atoms with Crippen molar-refractivity contribution in [3.05, 3.63) is 23.8 Å². The van der Waals surface area contributed by atoms with Gasteiger partial charge in [-0.05, 0) is 18.2 Å². The third-order valence-electron chi connectivity index (χ3n) is 1.53. The minimum Gasteiger partial charge on any atom is -0.495 e. The molecule has 68 valence electrons. The van der Waals surface area contributed by atoms with Gasteiger partial charge in [-0.25, -0.2) is 0 Å². The quantitative estimate of drug-likeness (QED) is 0.422. The molecular weight excluding hydrogens is 186 g/mol. The van der Waals surface area contributed by atoms with E-state index in [1.165, 1.54) is 0 Å². The van der Waals surface area contributed by atoms with Crippen LogP contribution in [0.1, 0.15) is 5.56 Å². The second kappa shape index (κ2) is 4.64. The zero-order valence-electron chi connectivity index (χ0n) is 7.30. The molecule has 0 saturated heterocycles. The van der Waals surface area contributed by atoms with Gasteiger partial charge in [0.1, 0.15) is 5.75 Å². The number of alkyl halides is 1. The van der Waals surface area contributed by atoms with Crippen molar-refractivity contribution in [2.45, 2.75) is 0 Å². The van der Waals surface area contributed by atoms with Crippen LogP contribution in [0.5, 0.6) is 5.75 Å². The molecule has 0 aromatic heterocycles. The summed E-state index contributed by atoms with van der Waals surface area (Å²) in [6, 6.07) is 5.38. The average Bonchev–Trinajstić information content (AvgIpc) is 2.16. The first-order chi connectivity index (χ1) is 6.27. The lowest BCUT2D eigenvalue weighted by Gasteiger charge is -2.03. The highest BCUT2D eigenvalue weighted by Gasteiger charge is 1.97. The monoisotopic (exact) mass is 195 g/mol. The standard InChI is InChI=1S/C10H10ClNO/c1-13-10-7-8(3-2-6-11)4-5-9(10)12/h4-5,7H,6,12H2,1H3. The number of rotatable bonds is 1. The molecule has 0 aliphatic carbocycles. The van der Waals surface area contributed by atoms with E-state index in [-0.39, 0.29) is 0 Å². The van der Waals surface area contributed by atoms with Crippen LogP contribution >= 0.6 is 11.6 Å². The van der Waals surface area contributed by atoms with E-state index in [0.29, 0.717) is 17.3 Å². The number of methoxy groups -OCH3 is 1. The topological polar surface area (TPSA) is 35.2 Å². The summed E-state index contributed by atoms with van der Waals surface area (Å²) in [6.07, 6.45) is 0. The first-order valence-corrected chi connectivity index (χ1v) is 4.29. The fourth-order valence-electron chi connectivity index (χ4n) is 0.924. The normalized spacial score (nSPS) is 8.77. The molecule has 0 saturated carbocycles. The number of hydrogen-bond acceptors (Lipinski definition) is 2. The number of nitrogens with two attached hydrogens (primary N) is 1. The maximum absolute atomic E-state index is 5.63. The minimum atomic E-state index is 0.326. The van der Waals surface area contributed by atoms with Gasteiger partial charge in [-0.3, -0.25) is 0 Å². The largest absolute Gasteiger partial charge is 0.495 e. The maximum atomic E-state index is 5.63. The third-order valence-corrected chi connectivity index (χ3v) is 1.67. The Balaban J connectivity index is 2.99. The molecule has 0 unspecified atom stereocenters. The van der Waals surface area contributed by atoms with Crippen molar-refractivity contribution >= 4 is 17.3 Å². The first-order valence-electron chi connectivity index (χ1n) is 3.76. The summed E-state index contributed by atoms with van der Waals surface area (Å²) in [4.78, 5) is 0. The van der Waals surface area contributed by atoms with Crippen LogP contribution in [0, 0.1) is 11.8 Å². The highest BCUT2D eigenvalue weighted by Crippen LogP contribution is 2.21. The lowest BCUT2D eigenvalue weighted by molar-refractivity contribution is 0.417. The molecule has 3 heteroatoms. The number of nitrogen functional groups attached to an aromatic ring is 1. The SMILES string of the molecule is COc1cc(C#CCCl)ccc1N. The summed E-state index contributed by atoms with van der Waals surface area (Å²) in [5.41, 5.74) is 7.09. The second-order valence-electron chi connectivity index (χ2n) is 2.39. The molecular formula is C10H10ClNO. The molecule has 0 heterocycles. The van der Waals surface area contributed by atoms with Crippen molar-refractivity contribution in [3.63, 3.8) is 0 Å². The molecule has 1 aromatic carbocycles. The van der Waals surface area contributed by atoms with E-state index in [9.17, 15) is 0 Å². The number of ether oxygens (including phenoxy) is 1. The van der Waals surface area contributed by atoms with Crippen molar-refractivity contribution in [2.24, 2.45) is 0 Å². The molecule has 2 N–H and O–H groups in total. The van der Waals surface area contributed by atoms with E-state index >= 15 is 0 Å². The van der Waals surface area contributed by atoms with Crippen molar-refractivity contribution in [1.29, 1.82) is 0 Å². The lowest BCUT2D eigenvalue weighted by Crippen LogP contribution is -1.92. The summed E-state index contributed by atoms with van der Waals surface area (Å²) in [6.45, 7) is 0. The van der Waals surface area contributed by atoms with Crippen LogP contribution in [0.4, 0.5) is 5.69 Å². The first kappa shape index (κ1) is 9.76. The fraction of sp³-hybridized carbons (Fsp3) is 0.200. The van der Waals surface area contributed by atoms with E-state index in [1.54, 1.807) is 19.2 Å². The summed E-state index contributed by atoms with van der Waals surface area (Å²) in [5.74, 6) is 6.60. The van der Waals surface area contributed by atoms with Crippen LogP contribution in [0.2, 0.25) is 0 Å². The van der Waals surface area contributed by atoms with E-state index in [1.807, 2.05) is 6.07 Å². The van der Waals surface area contributed by atoms with Crippen molar-refractivity contribution < 1.29 is 4.74 Å². The van der Waals surface area contributed by atoms with Gasteiger partial charge in [-0.15, -0.1) is 11.6 Å². The Morgan fingerprint density at radius 3 is 2.92 bits per heavy atom. The Bertz CT molecular complexity index is 352. The molecule has 0 fully saturated rings. The molecule has 0 aliphatic rings. The molecule has 0 atom stereocenters. The Kier molecular flexibility index (Phi) is 3.48. The van der Waals surface area contributed by atoms with Crippen molar-refractivity contribution in [1.82, 2.24) is 0 Å². The summed E-state index contributed by atoms with van der Waals surface area (Å²) in [7, 11) is 1.57. The number of hydrogen-bond donors (Lipinski definition) is 1. The van der Waals surface area contributed by atoms with Crippen molar-refractivity contribution in [3.8, 4) is 17.6 Å². The molecule has 13 heavy (non-hydrogen) atoms. The van der Waals surface area contributed by atoms with Gasteiger partial charge in [0.05, 0.1) is 18.7 Å². The Morgan fingerprint density at radius 2 is 2.31 bits per heavy atom. The van der Waals surface area contributed by atoms with Gasteiger partial charge in [-0.1, -0.05) is 11.8 Å². The highest BCUT2D eigenvalue weighted by molar-refractivity contribution is 6.19. The van der Waals surface area contributed by atoms with Crippen molar-refractivity contribution in [2.75, 3.05) is 18.7 Å². The van der Waals surface area contributed by atoms with Crippen LogP contribution in [0.3, 0.4) is 0 Å². The van der Waals surface area contributed by atoms with E-state index in [4.69, 9.17) is 22.1 Å². The number of benzene rings is 1. The van der Waals surface area contributed by atoms with Gasteiger partial charge in [-0.2, -0.15) is 0 Å². The molecule has 0 radical (unpaired) electrons. The summed E-state index contributed by atoms with van der Waals surface area (Å²) in [5, 5.41) is 0. The van der Waals surface area contributed by atoms with Crippen LogP contribution in [0.15, 0.2) is 18.2 Å². The zero-order valence-corrected chi connectivity index (χ0v) is 8.06. The minimum absolute atomic E-state index is 0.326. The van der Waals surface area contributed by atoms with Gasteiger partial charge < -0.3 is 10.5 Å². The van der Waals surface area contributed by atoms with E-state index < -0.39 is 0 Å². The number of halogens is 1. The van der Waals surface area contributed by atoms with Gasteiger partial charge in [0, 0.05) is 5.56 Å². The Labute approximate surface area is 82.6 Å². The predicted octanol–water partition coefficient (Wildman–Crippen LogP) is 1.87. The fourth-order valence-corrected chi connectivity index (χ4v) is 0.991. The zero-order chi connectivity index (χ0) is 9.68. The third kappa shape index (κ3) is 2.57. The van der Waals surface area contributed by atoms with Gasteiger partial charge in [0.15, 0.2) is 0 Å². The van der Waals surface area contributed by atoms with Gasteiger partial charge >= 0.3 is 0 Å². The summed E-state index contributed by atoms with van der Waals surface area (Å²) < 4.78 is 5.04. The molecule has 0 amide bonds. The Hall–Kier alpha value is -1.33. The predicted molar refractivity (Wildman–Crippen MR) is 55.0 cm³/mol. The Morgan fingerprint density at radius 1 is 1.54 bits per heavy atom. The molecule has 1 aromatic rings. The number of anilines is 1. The van der Waals surface area contributed by atoms with Crippen LogP contribution in [-0.4, -0.2) is 13.0 Å². The smallest absolute Gasteiger partial charge is 0.142 e. The maximum Gasteiger partial charge on any atom is 0.142 e.